The van der Waals surface area contributed by atoms with Crippen molar-refractivity contribution in [2.45, 2.75) is 63.5 Å². The van der Waals surface area contributed by atoms with Crippen LogP contribution in [-0.4, -0.2) is 22.3 Å². The van der Waals surface area contributed by atoms with Gasteiger partial charge in [0.25, 0.3) is 5.56 Å². The molecule has 1 unspecified atom stereocenters. The van der Waals surface area contributed by atoms with Gasteiger partial charge >= 0.3 is 5.69 Å². The van der Waals surface area contributed by atoms with Gasteiger partial charge in [0, 0.05) is 13.2 Å². The van der Waals surface area contributed by atoms with E-state index in [0.29, 0.717) is 18.5 Å². The number of ether oxygens (including phenoxy) is 1. The van der Waals surface area contributed by atoms with Crippen molar-refractivity contribution in [3.05, 3.63) is 31.6 Å². The SMILES string of the molecule is O=c1[nH]c(Cl)c(C2CCCC2)c(=O)n1CCC1CCCO1. The van der Waals surface area contributed by atoms with Crippen molar-refractivity contribution in [1.82, 2.24) is 9.55 Å². The molecular formula is C15H21ClN2O3. The number of H-pyrrole nitrogens is 1. The second-order valence-corrected chi connectivity index (χ2v) is 6.40. The van der Waals surface area contributed by atoms with E-state index in [1.54, 1.807) is 0 Å². The van der Waals surface area contributed by atoms with Gasteiger partial charge < -0.3 is 4.74 Å². The van der Waals surface area contributed by atoms with Crippen molar-refractivity contribution in [1.29, 1.82) is 0 Å². The van der Waals surface area contributed by atoms with Crippen LogP contribution in [0.15, 0.2) is 9.59 Å². The second-order valence-electron chi connectivity index (χ2n) is 6.02. The highest BCUT2D eigenvalue weighted by atomic mass is 35.5. The number of aromatic amines is 1. The maximum atomic E-state index is 12.6. The largest absolute Gasteiger partial charge is 0.378 e. The highest BCUT2D eigenvalue weighted by Gasteiger charge is 2.25. The molecule has 1 aromatic heterocycles. The minimum absolute atomic E-state index is 0.168. The topological polar surface area (TPSA) is 64.1 Å². The molecule has 0 amide bonds. The Bertz CT molecular complexity index is 610. The minimum Gasteiger partial charge on any atom is -0.378 e. The van der Waals surface area contributed by atoms with Crippen molar-refractivity contribution in [2.24, 2.45) is 0 Å². The van der Waals surface area contributed by atoms with Crippen LogP contribution in [0.25, 0.3) is 0 Å². The summed E-state index contributed by atoms with van der Waals surface area (Å²) in [7, 11) is 0. The molecule has 6 heteroatoms. The van der Waals surface area contributed by atoms with Crippen LogP contribution in [0, 0.1) is 0 Å². The standard InChI is InChI=1S/C15H21ClN2O3/c16-13-12(10-4-1-2-5-10)14(19)18(15(20)17-13)8-7-11-6-3-9-21-11/h10-11H,1-9H2,(H,17,20). The zero-order chi connectivity index (χ0) is 14.8. The fourth-order valence-corrected chi connectivity index (χ4v) is 3.79. The Labute approximate surface area is 128 Å². The van der Waals surface area contributed by atoms with Gasteiger partial charge in [0.1, 0.15) is 5.15 Å². The van der Waals surface area contributed by atoms with Crippen LogP contribution in [0.4, 0.5) is 0 Å². The number of aromatic nitrogens is 2. The van der Waals surface area contributed by atoms with Gasteiger partial charge in [0.05, 0.1) is 11.7 Å². The van der Waals surface area contributed by atoms with Crippen molar-refractivity contribution in [3.8, 4) is 0 Å². The quantitative estimate of drug-likeness (QED) is 0.868. The van der Waals surface area contributed by atoms with E-state index in [1.165, 1.54) is 4.57 Å². The first kappa shape index (κ1) is 14.9. The third kappa shape index (κ3) is 3.09. The molecule has 1 saturated carbocycles. The lowest BCUT2D eigenvalue weighted by Crippen LogP contribution is -2.38. The maximum absolute atomic E-state index is 12.6. The van der Waals surface area contributed by atoms with Crippen LogP contribution in [0.5, 0.6) is 0 Å². The first-order valence-electron chi connectivity index (χ1n) is 7.81. The van der Waals surface area contributed by atoms with Crippen molar-refractivity contribution in [2.75, 3.05) is 6.61 Å². The Hall–Kier alpha value is -1.07. The molecule has 21 heavy (non-hydrogen) atoms. The number of rotatable bonds is 4. The molecule has 1 saturated heterocycles. The lowest BCUT2D eigenvalue weighted by atomic mass is 10.0. The normalized spacial score (nSPS) is 23.0. The predicted octanol–water partition coefficient (Wildman–Crippen LogP) is 2.42. The molecule has 116 valence electrons. The van der Waals surface area contributed by atoms with Gasteiger partial charge in [-0.1, -0.05) is 24.4 Å². The van der Waals surface area contributed by atoms with Crippen molar-refractivity contribution < 1.29 is 4.74 Å². The zero-order valence-corrected chi connectivity index (χ0v) is 12.8. The minimum atomic E-state index is -0.412. The molecule has 2 fully saturated rings. The molecule has 1 N–H and O–H groups in total. The second kappa shape index (κ2) is 6.36. The molecule has 2 heterocycles. The number of nitrogens with one attached hydrogen (secondary N) is 1. The molecule has 3 rings (SSSR count). The van der Waals surface area contributed by atoms with Crippen molar-refractivity contribution in [3.63, 3.8) is 0 Å². The zero-order valence-electron chi connectivity index (χ0n) is 12.1. The average Bonchev–Trinajstić information content (AvgIpc) is 3.10. The fraction of sp³-hybridized carbons (Fsp3) is 0.733. The third-order valence-electron chi connectivity index (χ3n) is 4.64. The highest BCUT2D eigenvalue weighted by Crippen LogP contribution is 2.34. The number of hydrogen-bond donors (Lipinski definition) is 1. The molecule has 0 aromatic carbocycles. The van der Waals surface area contributed by atoms with Crippen LogP contribution in [-0.2, 0) is 11.3 Å². The van der Waals surface area contributed by atoms with E-state index < -0.39 is 5.69 Å². The van der Waals surface area contributed by atoms with Crippen LogP contribution >= 0.6 is 11.6 Å². The van der Waals surface area contributed by atoms with E-state index in [4.69, 9.17) is 16.3 Å². The summed E-state index contributed by atoms with van der Waals surface area (Å²) in [6, 6.07) is 0. The Morgan fingerprint density at radius 2 is 1.95 bits per heavy atom. The average molecular weight is 313 g/mol. The molecule has 1 aromatic rings. The van der Waals surface area contributed by atoms with E-state index in [0.717, 1.165) is 45.1 Å². The summed E-state index contributed by atoms with van der Waals surface area (Å²) in [6.07, 6.45) is 7.14. The fourth-order valence-electron chi connectivity index (χ4n) is 3.48. The van der Waals surface area contributed by atoms with E-state index in [1.807, 2.05) is 0 Å². The molecule has 2 aliphatic rings. The Balaban J connectivity index is 1.86. The highest BCUT2D eigenvalue weighted by molar-refractivity contribution is 6.30. The van der Waals surface area contributed by atoms with E-state index >= 15 is 0 Å². The lowest BCUT2D eigenvalue weighted by molar-refractivity contribution is 0.0997. The molecular weight excluding hydrogens is 292 g/mol. The van der Waals surface area contributed by atoms with Crippen LogP contribution in [0.2, 0.25) is 5.15 Å². The van der Waals surface area contributed by atoms with Gasteiger partial charge in [0.15, 0.2) is 0 Å². The number of nitrogens with zero attached hydrogens (tertiary/aromatic N) is 1. The van der Waals surface area contributed by atoms with Crippen LogP contribution in [0.1, 0.15) is 56.4 Å². The molecule has 5 nitrogen and oxygen atoms in total. The van der Waals surface area contributed by atoms with Gasteiger partial charge in [-0.05, 0) is 38.0 Å². The summed E-state index contributed by atoms with van der Waals surface area (Å²) < 4.78 is 6.85. The van der Waals surface area contributed by atoms with E-state index in [9.17, 15) is 9.59 Å². The smallest absolute Gasteiger partial charge is 0.329 e. The first-order chi connectivity index (χ1) is 10.2. The van der Waals surface area contributed by atoms with Gasteiger partial charge in [-0.25, -0.2) is 4.79 Å². The van der Waals surface area contributed by atoms with Crippen LogP contribution in [0.3, 0.4) is 0 Å². The predicted molar refractivity (Wildman–Crippen MR) is 81.1 cm³/mol. The molecule has 1 aliphatic carbocycles. The van der Waals surface area contributed by atoms with Crippen molar-refractivity contribution >= 4 is 11.6 Å². The summed E-state index contributed by atoms with van der Waals surface area (Å²) in [5, 5.41) is 0.227. The van der Waals surface area contributed by atoms with E-state index in [2.05, 4.69) is 4.98 Å². The van der Waals surface area contributed by atoms with E-state index in [-0.39, 0.29) is 22.7 Å². The lowest BCUT2D eigenvalue weighted by Gasteiger charge is -2.14. The van der Waals surface area contributed by atoms with Gasteiger partial charge in [-0.3, -0.25) is 14.3 Å². The summed E-state index contributed by atoms with van der Waals surface area (Å²) in [5.74, 6) is 0.191. The summed E-state index contributed by atoms with van der Waals surface area (Å²) in [4.78, 5) is 27.3. The summed E-state index contributed by atoms with van der Waals surface area (Å²) >= 11 is 6.12. The maximum Gasteiger partial charge on any atom is 0.329 e. The molecule has 1 aliphatic heterocycles. The third-order valence-corrected chi connectivity index (χ3v) is 4.93. The number of halogens is 1. The van der Waals surface area contributed by atoms with Gasteiger partial charge in [-0.15, -0.1) is 0 Å². The Morgan fingerprint density at radius 1 is 1.19 bits per heavy atom. The van der Waals surface area contributed by atoms with Crippen LogP contribution < -0.4 is 11.2 Å². The summed E-state index contributed by atoms with van der Waals surface area (Å²) in [6.45, 7) is 1.18. The van der Waals surface area contributed by atoms with Gasteiger partial charge in [-0.2, -0.15) is 0 Å². The molecule has 1 atom stereocenters. The monoisotopic (exact) mass is 312 g/mol. The summed E-state index contributed by atoms with van der Waals surface area (Å²) in [5.41, 5.74) is -0.0282. The molecule has 0 radical (unpaired) electrons. The Kier molecular flexibility index (Phi) is 4.50. The molecule has 0 spiro atoms. The number of hydrogen-bond acceptors (Lipinski definition) is 3. The molecule has 0 bridgehead atoms. The Morgan fingerprint density at radius 3 is 2.62 bits per heavy atom. The first-order valence-corrected chi connectivity index (χ1v) is 8.18. The van der Waals surface area contributed by atoms with Gasteiger partial charge in [0.2, 0.25) is 0 Å².